The molecule has 0 radical (unpaired) electrons. The molecule has 2 amide bonds. The molecule has 1 fully saturated rings. The second kappa shape index (κ2) is 7.80. The predicted octanol–water partition coefficient (Wildman–Crippen LogP) is 4.39. The monoisotopic (exact) mass is 391 g/mol. The van der Waals surface area contributed by atoms with E-state index in [4.69, 9.17) is 16.3 Å². The van der Waals surface area contributed by atoms with Gasteiger partial charge in [0.25, 0.3) is 5.91 Å². The van der Waals surface area contributed by atoms with Crippen LogP contribution in [0.1, 0.15) is 56.9 Å². The molecule has 0 spiro atoms. The molecule has 1 saturated carbocycles. The maximum absolute atomic E-state index is 12.7. The number of hydrogen-bond donors (Lipinski definition) is 3. The zero-order valence-corrected chi connectivity index (χ0v) is 16.7. The summed E-state index contributed by atoms with van der Waals surface area (Å²) in [6, 6.07) is 6.96. The summed E-state index contributed by atoms with van der Waals surface area (Å²) in [6.45, 7) is 5.48. The summed E-state index contributed by atoms with van der Waals surface area (Å²) in [7, 11) is 0. The quantitative estimate of drug-likeness (QED) is 0.725. The lowest BCUT2D eigenvalue weighted by atomic mass is 9.90. The van der Waals surface area contributed by atoms with Crippen molar-refractivity contribution in [1.29, 1.82) is 0 Å². The Morgan fingerprint density at radius 3 is 2.44 bits per heavy atom. The van der Waals surface area contributed by atoms with E-state index in [9.17, 15) is 9.59 Å². The van der Waals surface area contributed by atoms with Gasteiger partial charge in [0, 0.05) is 22.0 Å². The van der Waals surface area contributed by atoms with Gasteiger partial charge < -0.3 is 20.4 Å². The Kier molecular flexibility index (Phi) is 5.65. The smallest absolute Gasteiger partial charge is 0.407 e. The maximum atomic E-state index is 12.7. The first-order valence-corrected chi connectivity index (χ1v) is 9.68. The highest BCUT2D eigenvalue weighted by Gasteiger charge is 2.30. The minimum absolute atomic E-state index is 0.131. The van der Waals surface area contributed by atoms with Crippen molar-refractivity contribution in [1.82, 2.24) is 15.6 Å². The number of alkyl carbamates (subject to hydrolysis) is 1. The molecule has 1 aromatic heterocycles. The Bertz CT molecular complexity index is 841. The van der Waals surface area contributed by atoms with Crippen LogP contribution < -0.4 is 10.6 Å². The minimum atomic E-state index is -0.552. The van der Waals surface area contributed by atoms with Gasteiger partial charge in [-0.1, -0.05) is 24.4 Å². The van der Waals surface area contributed by atoms with E-state index >= 15 is 0 Å². The van der Waals surface area contributed by atoms with E-state index in [-0.39, 0.29) is 18.0 Å². The summed E-state index contributed by atoms with van der Waals surface area (Å²) >= 11 is 6.01. The van der Waals surface area contributed by atoms with Crippen LogP contribution in [0.3, 0.4) is 0 Å². The van der Waals surface area contributed by atoms with E-state index in [1.807, 2.05) is 32.9 Å². The topological polar surface area (TPSA) is 83.2 Å². The Morgan fingerprint density at radius 1 is 1.11 bits per heavy atom. The average Bonchev–Trinajstić information content (AvgIpc) is 2.98. The number of carbonyl (C=O) groups excluding carboxylic acids is 2. The molecule has 0 bridgehead atoms. The Morgan fingerprint density at radius 2 is 1.78 bits per heavy atom. The fourth-order valence-corrected chi connectivity index (χ4v) is 3.59. The fraction of sp³-hybridized carbons (Fsp3) is 0.500. The largest absolute Gasteiger partial charge is 0.444 e. The number of aromatic amines is 1. The number of ether oxygens (including phenoxy) is 1. The number of amides is 2. The van der Waals surface area contributed by atoms with Crippen molar-refractivity contribution in [3.05, 3.63) is 35.0 Å². The predicted molar refractivity (Wildman–Crippen MR) is 106 cm³/mol. The zero-order chi connectivity index (χ0) is 19.6. The van der Waals surface area contributed by atoms with Gasteiger partial charge in [-0.15, -0.1) is 0 Å². The van der Waals surface area contributed by atoms with Crippen molar-refractivity contribution >= 4 is 34.5 Å². The van der Waals surface area contributed by atoms with Crippen molar-refractivity contribution in [3.8, 4) is 0 Å². The first-order chi connectivity index (χ1) is 12.7. The average molecular weight is 392 g/mol. The third kappa shape index (κ3) is 5.16. The normalized spacial score (nSPS) is 20.3. The molecular weight excluding hydrogens is 366 g/mol. The number of nitrogens with one attached hydrogen (secondary N) is 3. The van der Waals surface area contributed by atoms with Crippen LogP contribution in [-0.2, 0) is 4.74 Å². The number of carbonyl (C=O) groups is 2. The van der Waals surface area contributed by atoms with E-state index < -0.39 is 11.7 Å². The second-order valence-corrected chi connectivity index (χ2v) is 8.47. The van der Waals surface area contributed by atoms with E-state index in [2.05, 4.69) is 15.6 Å². The Hall–Kier alpha value is -2.21. The lowest BCUT2D eigenvalue weighted by Gasteiger charge is -2.33. The molecule has 0 aliphatic heterocycles. The van der Waals surface area contributed by atoms with Crippen LogP contribution in [0.2, 0.25) is 5.02 Å². The molecule has 2 aromatic rings. The first kappa shape index (κ1) is 19.5. The van der Waals surface area contributed by atoms with Gasteiger partial charge in [0.05, 0.1) is 6.04 Å². The molecule has 1 aromatic carbocycles. The summed E-state index contributed by atoms with van der Waals surface area (Å²) in [5.41, 5.74) is 0.786. The summed E-state index contributed by atoms with van der Waals surface area (Å²) in [5, 5.41) is 7.48. The first-order valence-electron chi connectivity index (χ1n) is 9.30. The van der Waals surface area contributed by atoms with Gasteiger partial charge in [0.2, 0.25) is 0 Å². The molecule has 1 aliphatic rings. The summed E-state index contributed by atoms with van der Waals surface area (Å²) < 4.78 is 5.35. The zero-order valence-electron chi connectivity index (χ0n) is 15.9. The van der Waals surface area contributed by atoms with Crippen LogP contribution in [0.15, 0.2) is 24.3 Å². The van der Waals surface area contributed by atoms with Crippen LogP contribution in [0.4, 0.5) is 4.79 Å². The van der Waals surface area contributed by atoms with Gasteiger partial charge in [0.15, 0.2) is 0 Å². The molecular formula is C20H26ClN3O3. The fourth-order valence-electron chi connectivity index (χ4n) is 3.41. The lowest BCUT2D eigenvalue weighted by Crippen LogP contribution is -2.54. The highest BCUT2D eigenvalue weighted by atomic mass is 35.5. The van der Waals surface area contributed by atoms with Crippen molar-refractivity contribution in [2.45, 2.75) is 64.1 Å². The van der Waals surface area contributed by atoms with E-state index in [0.29, 0.717) is 10.7 Å². The van der Waals surface area contributed by atoms with Crippen LogP contribution in [-0.4, -0.2) is 34.7 Å². The molecule has 1 aliphatic carbocycles. The van der Waals surface area contributed by atoms with Gasteiger partial charge in [-0.3, -0.25) is 4.79 Å². The van der Waals surface area contributed by atoms with Gasteiger partial charge in [0.1, 0.15) is 11.3 Å². The summed E-state index contributed by atoms with van der Waals surface area (Å²) in [4.78, 5) is 27.9. The van der Waals surface area contributed by atoms with Gasteiger partial charge in [-0.2, -0.15) is 0 Å². The van der Waals surface area contributed by atoms with Gasteiger partial charge in [-0.05, 0) is 57.9 Å². The van der Waals surface area contributed by atoms with Crippen LogP contribution in [0.25, 0.3) is 10.9 Å². The number of benzene rings is 1. The van der Waals surface area contributed by atoms with E-state index in [0.717, 1.165) is 36.6 Å². The molecule has 146 valence electrons. The third-order valence-corrected chi connectivity index (χ3v) is 4.85. The van der Waals surface area contributed by atoms with Crippen LogP contribution in [0.5, 0.6) is 0 Å². The molecule has 27 heavy (non-hydrogen) atoms. The molecule has 2 atom stereocenters. The molecule has 3 N–H and O–H groups in total. The van der Waals surface area contributed by atoms with E-state index in [1.165, 1.54) is 0 Å². The van der Waals surface area contributed by atoms with Gasteiger partial charge >= 0.3 is 6.09 Å². The molecule has 6 nitrogen and oxygen atoms in total. The molecule has 1 unspecified atom stereocenters. The van der Waals surface area contributed by atoms with Crippen molar-refractivity contribution in [2.75, 3.05) is 0 Å². The van der Waals surface area contributed by atoms with Gasteiger partial charge in [-0.25, -0.2) is 4.79 Å². The molecule has 1 heterocycles. The lowest BCUT2D eigenvalue weighted by molar-refractivity contribution is 0.0474. The van der Waals surface area contributed by atoms with Crippen LogP contribution in [0, 0.1) is 0 Å². The Balaban J connectivity index is 1.67. The minimum Gasteiger partial charge on any atom is -0.444 e. The van der Waals surface area contributed by atoms with E-state index in [1.54, 1.807) is 12.1 Å². The summed E-state index contributed by atoms with van der Waals surface area (Å²) in [6.07, 6.45) is 3.20. The standard InChI is InChI=1S/C20H26ClN3O3/c1-20(2,3)27-19(26)24-16-7-5-4-6-15(16)23-18(25)17-11-12-10-13(21)8-9-14(12)22-17/h8-11,15-16,22H,4-7H2,1-3H3,(H,23,25)(H,24,26)/t15?,16-/m0/s1. The highest BCUT2D eigenvalue weighted by molar-refractivity contribution is 6.31. The second-order valence-electron chi connectivity index (χ2n) is 8.03. The van der Waals surface area contributed by atoms with Crippen molar-refractivity contribution < 1.29 is 14.3 Å². The van der Waals surface area contributed by atoms with Crippen LogP contribution >= 0.6 is 11.6 Å². The Labute approximate surface area is 164 Å². The number of H-pyrrole nitrogens is 1. The SMILES string of the molecule is CC(C)(C)OC(=O)N[C@H]1CCCCC1NC(=O)c1cc2cc(Cl)ccc2[nH]1. The highest BCUT2D eigenvalue weighted by Crippen LogP contribution is 2.22. The summed E-state index contributed by atoms with van der Waals surface area (Å²) in [5.74, 6) is -0.190. The maximum Gasteiger partial charge on any atom is 0.407 e. The number of halogens is 1. The molecule has 3 rings (SSSR count). The van der Waals surface area contributed by atoms with Crippen molar-refractivity contribution in [2.24, 2.45) is 0 Å². The molecule has 0 saturated heterocycles. The van der Waals surface area contributed by atoms with Crippen molar-refractivity contribution in [3.63, 3.8) is 0 Å². The number of rotatable bonds is 3. The molecule has 7 heteroatoms. The number of fused-ring (bicyclic) bond motifs is 1. The number of hydrogen-bond acceptors (Lipinski definition) is 3. The number of aromatic nitrogens is 1. The third-order valence-electron chi connectivity index (χ3n) is 4.61.